The first-order chi connectivity index (χ1) is 12.2. The molecule has 2 aromatic rings. The number of hydrogen-bond acceptors (Lipinski definition) is 3. The summed E-state index contributed by atoms with van der Waals surface area (Å²) in [5.41, 5.74) is 4.64. The van der Waals surface area contributed by atoms with Gasteiger partial charge in [0, 0.05) is 18.8 Å². The van der Waals surface area contributed by atoms with Gasteiger partial charge in [0.05, 0.1) is 6.04 Å². The molecule has 0 aliphatic carbocycles. The van der Waals surface area contributed by atoms with Gasteiger partial charge in [0.2, 0.25) is 5.91 Å². The third-order valence-corrected chi connectivity index (χ3v) is 4.89. The smallest absolute Gasteiger partial charge is 0.241 e. The number of halogens is 2. The normalized spacial score (nSPS) is 15.3. The minimum atomic E-state index is -0.179. The molecular weight excluding hydrogens is 381 g/mol. The second-order valence-electron chi connectivity index (χ2n) is 6.56. The summed E-state index contributed by atoms with van der Waals surface area (Å²) in [5.74, 6) is 0.0366. The van der Waals surface area contributed by atoms with E-state index in [9.17, 15) is 4.79 Å². The predicted molar refractivity (Wildman–Crippen MR) is 117 cm³/mol. The van der Waals surface area contributed by atoms with E-state index in [1.165, 1.54) is 16.7 Å². The largest absolute Gasteiger partial charge is 0.325 e. The molecule has 0 aromatic heterocycles. The molecular formula is C21H29Cl2N3O. The van der Waals surface area contributed by atoms with Crippen molar-refractivity contribution in [2.45, 2.75) is 39.4 Å². The van der Waals surface area contributed by atoms with Crippen LogP contribution >= 0.6 is 24.8 Å². The second kappa shape index (κ2) is 11.3. The maximum Gasteiger partial charge on any atom is 0.241 e. The quantitative estimate of drug-likeness (QED) is 0.756. The summed E-state index contributed by atoms with van der Waals surface area (Å²) in [6.07, 6.45) is 0.737. The average Bonchev–Trinajstić information content (AvgIpc) is 2.66. The van der Waals surface area contributed by atoms with E-state index >= 15 is 0 Å². The first kappa shape index (κ1) is 23.4. The topological polar surface area (TPSA) is 44.4 Å². The van der Waals surface area contributed by atoms with Crippen molar-refractivity contribution in [3.8, 4) is 0 Å². The van der Waals surface area contributed by atoms with Crippen LogP contribution in [0.5, 0.6) is 0 Å². The monoisotopic (exact) mass is 409 g/mol. The summed E-state index contributed by atoms with van der Waals surface area (Å²) in [7, 11) is 0. The molecule has 2 N–H and O–H groups in total. The van der Waals surface area contributed by atoms with E-state index in [2.05, 4.69) is 53.6 Å². The van der Waals surface area contributed by atoms with Gasteiger partial charge in [0.25, 0.3) is 0 Å². The Bertz CT molecular complexity index is 735. The van der Waals surface area contributed by atoms with Crippen molar-refractivity contribution in [2.75, 3.05) is 18.4 Å². The fourth-order valence-electron chi connectivity index (χ4n) is 3.32. The molecule has 3 rings (SSSR count). The average molecular weight is 410 g/mol. The third-order valence-electron chi connectivity index (χ3n) is 4.89. The van der Waals surface area contributed by atoms with Crippen molar-refractivity contribution in [3.05, 3.63) is 65.2 Å². The summed E-state index contributed by atoms with van der Waals surface area (Å²) < 4.78 is 0. The standard InChI is InChI=1S/C21H27N3O.2ClH/c1-3-24(4-2)15-16-8-7-11-19(12-16)23-21(25)20-13-17-9-5-6-10-18(17)14-22-20;;/h5-12,20,22H,3-4,13-15H2,1-2H3,(H,23,25);2*1H. The molecule has 1 heterocycles. The molecule has 1 unspecified atom stereocenters. The Morgan fingerprint density at radius 1 is 1.07 bits per heavy atom. The number of carbonyl (C=O) groups excluding carboxylic acids is 1. The maximum absolute atomic E-state index is 12.6. The van der Waals surface area contributed by atoms with Crippen LogP contribution in [-0.2, 0) is 24.3 Å². The molecule has 0 spiro atoms. The minimum absolute atomic E-state index is 0. The Kier molecular flexibility index (Phi) is 9.81. The fourth-order valence-corrected chi connectivity index (χ4v) is 3.32. The van der Waals surface area contributed by atoms with Crippen LogP contribution in [0.15, 0.2) is 48.5 Å². The van der Waals surface area contributed by atoms with E-state index in [0.717, 1.165) is 38.3 Å². The zero-order valence-electron chi connectivity index (χ0n) is 15.9. The van der Waals surface area contributed by atoms with Gasteiger partial charge in [-0.3, -0.25) is 9.69 Å². The highest BCUT2D eigenvalue weighted by molar-refractivity contribution is 5.95. The second-order valence-corrected chi connectivity index (χ2v) is 6.56. The molecule has 0 fully saturated rings. The van der Waals surface area contributed by atoms with Crippen LogP contribution in [0.1, 0.15) is 30.5 Å². The molecule has 0 saturated heterocycles. The van der Waals surface area contributed by atoms with Gasteiger partial charge in [0.15, 0.2) is 0 Å². The molecule has 2 aromatic carbocycles. The van der Waals surface area contributed by atoms with E-state index in [-0.39, 0.29) is 36.8 Å². The Balaban J connectivity index is 0.00000182. The lowest BCUT2D eigenvalue weighted by atomic mass is 9.95. The van der Waals surface area contributed by atoms with Crippen LogP contribution in [0.2, 0.25) is 0 Å². The lowest BCUT2D eigenvalue weighted by Gasteiger charge is -2.25. The summed E-state index contributed by atoms with van der Waals surface area (Å²) in [6.45, 7) is 8.04. The van der Waals surface area contributed by atoms with Crippen molar-refractivity contribution >= 4 is 36.4 Å². The number of rotatable bonds is 6. The molecule has 0 bridgehead atoms. The van der Waals surface area contributed by atoms with Crippen LogP contribution in [-0.4, -0.2) is 29.9 Å². The van der Waals surface area contributed by atoms with Crippen molar-refractivity contribution in [2.24, 2.45) is 0 Å². The van der Waals surface area contributed by atoms with Gasteiger partial charge < -0.3 is 10.6 Å². The van der Waals surface area contributed by atoms with Gasteiger partial charge in [-0.25, -0.2) is 0 Å². The zero-order valence-corrected chi connectivity index (χ0v) is 17.5. The molecule has 6 heteroatoms. The van der Waals surface area contributed by atoms with Crippen LogP contribution in [0.3, 0.4) is 0 Å². The van der Waals surface area contributed by atoms with Gasteiger partial charge >= 0.3 is 0 Å². The first-order valence-electron chi connectivity index (χ1n) is 9.12. The van der Waals surface area contributed by atoms with E-state index in [4.69, 9.17) is 0 Å². The highest BCUT2D eigenvalue weighted by Gasteiger charge is 2.23. The maximum atomic E-state index is 12.6. The van der Waals surface area contributed by atoms with Crippen molar-refractivity contribution in [3.63, 3.8) is 0 Å². The number of carbonyl (C=O) groups is 1. The molecule has 148 valence electrons. The Labute approximate surface area is 174 Å². The first-order valence-corrected chi connectivity index (χ1v) is 9.12. The Morgan fingerprint density at radius 3 is 2.48 bits per heavy atom. The van der Waals surface area contributed by atoms with Gasteiger partial charge in [-0.2, -0.15) is 0 Å². The van der Waals surface area contributed by atoms with E-state index in [1.807, 2.05) is 24.3 Å². The predicted octanol–water partition coefficient (Wildman–Crippen LogP) is 4.03. The van der Waals surface area contributed by atoms with Crippen LogP contribution in [0.4, 0.5) is 5.69 Å². The SMILES string of the molecule is CCN(CC)Cc1cccc(NC(=O)C2Cc3ccccc3CN2)c1.Cl.Cl. The minimum Gasteiger partial charge on any atom is -0.325 e. The van der Waals surface area contributed by atoms with Crippen LogP contribution in [0, 0.1) is 0 Å². The molecule has 27 heavy (non-hydrogen) atoms. The molecule has 1 aliphatic rings. The van der Waals surface area contributed by atoms with Crippen molar-refractivity contribution < 1.29 is 4.79 Å². The highest BCUT2D eigenvalue weighted by atomic mass is 35.5. The Hall–Kier alpha value is -1.59. The van der Waals surface area contributed by atoms with Gasteiger partial charge in [-0.1, -0.05) is 50.2 Å². The summed E-state index contributed by atoms with van der Waals surface area (Å²) in [4.78, 5) is 15.0. The van der Waals surface area contributed by atoms with E-state index < -0.39 is 0 Å². The fraction of sp³-hybridized carbons (Fsp3) is 0.381. The number of nitrogens with one attached hydrogen (secondary N) is 2. The number of amides is 1. The molecule has 0 radical (unpaired) electrons. The van der Waals surface area contributed by atoms with Crippen LogP contribution < -0.4 is 10.6 Å². The molecule has 0 saturated carbocycles. The number of hydrogen-bond donors (Lipinski definition) is 2. The number of benzene rings is 2. The van der Waals surface area contributed by atoms with Crippen molar-refractivity contribution in [1.82, 2.24) is 10.2 Å². The zero-order chi connectivity index (χ0) is 17.6. The summed E-state index contributed by atoms with van der Waals surface area (Å²) >= 11 is 0. The lowest BCUT2D eigenvalue weighted by Crippen LogP contribution is -2.44. The summed E-state index contributed by atoms with van der Waals surface area (Å²) in [6, 6.07) is 16.3. The van der Waals surface area contributed by atoms with Gasteiger partial charge in [-0.05, 0) is 48.3 Å². The Morgan fingerprint density at radius 2 is 1.78 bits per heavy atom. The molecule has 4 nitrogen and oxygen atoms in total. The van der Waals surface area contributed by atoms with Crippen LogP contribution in [0.25, 0.3) is 0 Å². The molecule has 1 amide bonds. The number of anilines is 1. The molecule has 1 aliphatic heterocycles. The van der Waals surface area contributed by atoms with Crippen molar-refractivity contribution in [1.29, 1.82) is 0 Å². The van der Waals surface area contributed by atoms with E-state index in [1.54, 1.807) is 0 Å². The van der Waals surface area contributed by atoms with E-state index in [0.29, 0.717) is 0 Å². The van der Waals surface area contributed by atoms with Gasteiger partial charge in [0.1, 0.15) is 0 Å². The highest BCUT2D eigenvalue weighted by Crippen LogP contribution is 2.18. The molecule has 1 atom stereocenters. The number of fused-ring (bicyclic) bond motifs is 1. The number of nitrogens with zero attached hydrogens (tertiary/aromatic N) is 1. The summed E-state index contributed by atoms with van der Waals surface area (Å²) in [5, 5.41) is 6.41. The third kappa shape index (κ3) is 6.22. The van der Waals surface area contributed by atoms with Gasteiger partial charge in [-0.15, -0.1) is 24.8 Å². The lowest BCUT2D eigenvalue weighted by molar-refractivity contribution is -0.118.